The van der Waals surface area contributed by atoms with E-state index < -0.39 is 16.0 Å². The summed E-state index contributed by atoms with van der Waals surface area (Å²) in [6.07, 6.45) is 1.36. The summed E-state index contributed by atoms with van der Waals surface area (Å²) >= 11 is 0. The number of nitrogens with one attached hydrogen (secondary N) is 1. The van der Waals surface area contributed by atoms with Crippen molar-refractivity contribution in [3.8, 4) is 11.5 Å². The Balaban J connectivity index is 1.84. The Morgan fingerprint density at radius 3 is 2.31 bits per heavy atom. The SMILES string of the molecule is CCOc1ccc(CCCNS(=O)(=O)Cc2ccc(C(=O)OC)cc2)cc1OC. The quantitative estimate of drug-likeness (QED) is 0.443. The van der Waals surface area contributed by atoms with Gasteiger partial charge in [-0.25, -0.2) is 17.9 Å². The lowest BCUT2D eigenvalue weighted by atomic mass is 10.1. The van der Waals surface area contributed by atoms with Crippen molar-refractivity contribution in [3.05, 3.63) is 59.2 Å². The van der Waals surface area contributed by atoms with Crippen LogP contribution in [0.5, 0.6) is 11.5 Å². The molecule has 7 nitrogen and oxygen atoms in total. The van der Waals surface area contributed by atoms with Crippen LogP contribution in [0.2, 0.25) is 0 Å². The Bertz CT molecular complexity index is 909. The van der Waals surface area contributed by atoms with Crippen molar-refractivity contribution in [1.82, 2.24) is 4.72 Å². The van der Waals surface area contributed by atoms with Crippen molar-refractivity contribution in [1.29, 1.82) is 0 Å². The molecule has 0 atom stereocenters. The maximum Gasteiger partial charge on any atom is 0.337 e. The second-order valence-electron chi connectivity index (χ2n) is 6.36. The molecule has 0 heterocycles. The molecular weight excluding hydrogens is 394 g/mol. The fourth-order valence-corrected chi connectivity index (χ4v) is 3.98. The third kappa shape index (κ3) is 7.07. The molecule has 158 valence electrons. The van der Waals surface area contributed by atoms with Crippen LogP contribution in [0.15, 0.2) is 42.5 Å². The molecule has 8 heteroatoms. The predicted molar refractivity (Wildman–Crippen MR) is 111 cm³/mol. The lowest BCUT2D eigenvalue weighted by molar-refractivity contribution is 0.0600. The predicted octanol–water partition coefficient (Wildman–Crippen LogP) is 2.93. The smallest absolute Gasteiger partial charge is 0.337 e. The van der Waals surface area contributed by atoms with Gasteiger partial charge in [-0.05, 0) is 55.2 Å². The molecule has 0 bridgehead atoms. The maximum atomic E-state index is 12.3. The van der Waals surface area contributed by atoms with Gasteiger partial charge in [-0.15, -0.1) is 0 Å². The van der Waals surface area contributed by atoms with Gasteiger partial charge in [0, 0.05) is 6.54 Å². The van der Waals surface area contributed by atoms with Crippen LogP contribution in [0.4, 0.5) is 0 Å². The van der Waals surface area contributed by atoms with E-state index >= 15 is 0 Å². The van der Waals surface area contributed by atoms with Gasteiger partial charge in [0.2, 0.25) is 10.0 Å². The van der Waals surface area contributed by atoms with Crippen molar-refractivity contribution in [2.24, 2.45) is 0 Å². The van der Waals surface area contributed by atoms with Crippen molar-refractivity contribution in [2.75, 3.05) is 27.4 Å². The first-order valence-corrected chi connectivity index (χ1v) is 11.0. The van der Waals surface area contributed by atoms with E-state index in [2.05, 4.69) is 9.46 Å². The molecule has 2 aromatic rings. The van der Waals surface area contributed by atoms with Gasteiger partial charge in [-0.1, -0.05) is 18.2 Å². The molecule has 0 saturated carbocycles. The zero-order valence-corrected chi connectivity index (χ0v) is 17.8. The van der Waals surface area contributed by atoms with E-state index in [0.29, 0.717) is 48.6 Å². The van der Waals surface area contributed by atoms with Gasteiger partial charge < -0.3 is 14.2 Å². The number of carbonyl (C=O) groups excluding carboxylic acids is 1. The average Bonchev–Trinajstić information content (AvgIpc) is 2.72. The number of methoxy groups -OCH3 is 2. The monoisotopic (exact) mass is 421 g/mol. The van der Waals surface area contributed by atoms with Gasteiger partial charge in [0.15, 0.2) is 11.5 Å². The van der Waals surface area contributed by atoms with Crippen LogP contribution in [0.1, 0.15) is 34.8 Å². The van der Waals surface area contributed by atoms with Crippen LogP contribution in [-0.4, -0.2) is 41.8 Å². The molecule has 0 fully saturated rings. The summed E-state index contributed by atoms with van der Waals surface area (Å²) < 4.78 is 42.6. The number of ether oxygens (including phenoxy) is 3. The maximum absolute atomic E-state index is 12.3. The highest BCUT2D eigenvalue weighted by atomic mass is 32.2. The molecule has 1 N–H and O–H groups in total. The number of benzene rings is 2. The second kappa shape index (κ2) is 10.8. The van der Waals surface area contributed by atoms with Gasteiger partial charge in [0.1, 0.15) is 0 Å². The zero-order valence-electron chi connectivity index (χ0n) is 16.9. The van der Waals surface area contributed by atoms with E-state index in [1.165, 1.54) is 7.11 Å². The molecule has 0 aromatic heterocycles. The summed E-state index contributed by atoms with van der Waals surface area (Å²) in [7, 11) is -0.575. The summed E-state index contributed by atoms with van der Waals surface area (Å²) in [5, 5.41) is 0. The highest BCUT2D eigenvalue weighted by Gasteiger charge is 2.12. The minimum Gasteiger partial charge on any atom is -0.493 e. The van der Waals surface area contributed by atoms with Crippen molar-refractivity contribution in [3.63, 3.8) is 0 Å². The average molecular weight is 422 g/mol. The highest BCUT2D eigenvalue weighted by molar-refractivity contribution is 7.88. The minimum absolute atomic E-state index is 0.147. The van der Waals surface area contributed by atoms with Crippen LogP contribution < -0.4 is 14.2 Å². The second-order valence-corrected chi connectivity index (χ2v) is 8.17. The fraction of sp³-hybridized carbons (Fsp3) is 0.381. The summed E-state index contributed by atoms with van der Waals surface area (Å²) in [6, 6.07) is 12.0. The Labute approximate surface area is 172 Å². The Morgan fingerprint density at radius 2 is 1.69 bits per heavy atom. The largest absolute Gasteiger partial charge is 0.493 e. The molecule has 0 aliphatic heterocycles. The molecule has 29 heavy (non-hydrogen) atoms. The van der Waals surface area contributed by atoms with E-state index in [4.69, 9.17) is 9.47 Å². The van der Waals surface area contributed by atoms with Crippen LogP contribution in [-0.2, 0) is 26.9 Å². The number of hydrogen-bond donors (Lipinski definition) is 1. The molecule has 0 unspecified atom stereocenters. The number of hydrogen-bond acceptors (Lipinski definition) is 6. The molecule has 2 aromatic carbocycles. The fourth-order valence-electron chi connectivity index (χ4n) is 2.79. The number of esters is 1. The molecular formula is C21H27NO6S. The lowest BCUT2D eigenvalue weighted by Gasteiger charge is -2.11. The van der Waals surface area contributed by atoms with Gasteiger partial charge in [-0.2, -0.15) is 0 Å². The topological polar surface area (TPSA) is 90.9 Å². The first kappa shape index (κ1) is 22.7. The number of aryl methyl sites for hydroxylation is 1. The summed E-state index contributed by atoms with van der Waals surface area (Å²) in [5.41, 5.74) is 2.02. The van der Waals surface area contributed by atoms with Crippen molar-refractivity contribution < 1.29 is 27.4 Å². The van der Waals surface area contributed by atoms with Crippen molar-refractivity contribution >= 4 is 16.0 Å². The number of rotatable bonds is 11. The van der Waals surface area contributed by atoms with Crippen LogP contribution in [0.3, 0.4) is 0 Å². The molecule has 0 amide bonds. The Morgan fingerprint density at radius 1 is 1.00 bits per heavy atom. The normalized spacial score (nSPS) is 11.1. The van der Waals surface area contributed by atoms with Gasteiger partial charge in [-0.3, -0.25) is 0 Å². The number of sulfonamides is 1. The first-order chi connectivity index (χ1) is 13.9. The van der Waals surface area contributed by atoms with Gasteiger partial charge >= 0.3 is 5.97 Å². The van der Waals surface area contributed by atoms with Crippen LogP contribution >= 0.6 is 0 Å². The van der Waals surface area contributed by atoms with Crippen molar-refractivity contribution in [2.45, 2.75) is 25.5 Å². The minimum atomic E-state index is -3.47. The molecule has 0 spiro atoms. The third-order valence-corrected chi connectivity index (χ3v) is 5.58. The Kier molecular flexibility index (Phi) is 8.48. The first-order valence-electron chi connectivity index (χ1n) is 9.32. The van der Waals surface area contributed by atoms with Crippen LogP contribution in [0.25, 0.3) is 0 Å². The lowest BCUT2D eigenvalue weighted by Crippen LogP contribution is -2.26. The van der Waals surface area contributed by atoms with E-state index in [-0.39, 0.29) is 5.75 Å². The summed E-state index contributed by atoms with van der Waals surface area (Å²) in [6.45, 7) is 2.80. The van der Waals surface area contributed by atoms with E-state index in [1.54, 1.807) is 31.4 Å². The highest BCUT2D eigenvalue weighted by Crippen LogP contribution is 2.28. The van der Waals surface area contributed by atoms with E-state index in [0.717, 1.165) is 5.56 Å². The molecule has 0 aliphatic rings. The summed E-state index contributed by atoms with van der Waals surface area (Å²) in [5.74, 6) is 0.757. The van der Waals surface area contributed by atoms with Gasteiger partial charge in [0.25, 0.3) is 0 Å². The molecule has 2 rings (SSSR count). The number of carbonyl (C=O) groups is 1. The standard InChI is InChI=1S/C21H27NO6S/c1-4-28-19-12-9-16(14-20(19)26-2)6-5-13-22-29(24,25)15-17-7-10-18(11-8-17)21(23)27-3/h7-12,14,22H,4-6,13,15H2,1-3H3. The van der Waals surface area contributed by atoms with E-state index in [1.807, 2.05) is 25.1 Å². The van der Waals surface area contributed by atoms with E-state index in [9.17, 15) is 13.2 Å². The summed E-state index contributed by atoms with van der Waals surface area (Å²) in [4.78, 5) is 11.4. The molecule has 0 radical (unpaired) electrons. The third-order valence-electron chi connectivity index (χ3n) is 4.22. The Hall–Kier alpha value is -2.58. The zero-order chi connectivity index (χ0) is 21.3. The van der Waals surface area contributed by atoms with Crippen LogP contribution in [0, 0.1) is 0 Å². The van der Waals surface area contributed by atoms with Gasteiger partial charge in [0.05, 0.1) is 32.1 Å². The molecule has 0 saturated heterocycles. The molecule has 0 aliphatic carbocycles.